The Morgan fingerprint density at radius 2 is 1.70 bits per heavy atom. The van der Waals surface area contributed by atoms with Crippen molar-refractivity contribution >= 4 is 28.8 Å². The Balaban J connectivity index is 1.79. The van der Waals surface area contributed by atoms with Crippen molar-refractivity contribution in [3.05, 3.63) is 0 Å². The Morgan fingerprint density at radius 1 is 1.09 bits per heavy atom. The lowest BCUT2D eigenvalue weighted by Gasteiger charge is -2.31. The summed E-state index contributed by atoms with van der Waals surface area (Å²) in [6.07, 6.45) is 11.4. The quantitative estimate of drug-likeness (QED) is 0.852. The highest BCUT2D eigenvalue weighted by atomic mass is 32.2. The van der Waals surface area contributed by atoms with Crippen molar-refractivity contribution in [3.63, 3.8) is 0 Å². The first kappa shape index (κ1) is 16.8. The molecule has 0 unspecified atom stereocenters. The van der Waals surface area contributed by atoms with Gasteiger partial charge >= 0.3 is 5.97 Å². The summed E-state index contributed by atoms with van der Waals surface area (Å²) in [6, 6.07) is 0.540. The van der Waals surface area contributed by atoms with Crippen LogP contribution in [0.25, 0.3) is 0 Å². The molecule has 1 saturated heterocycles. The third-order valence-corrected chi connectivity index (χ3v) is 6.30. The number of carboxylic acid groups (broad SMARTS) is 1. The highest BCUT2D eigenvalue weighted by molar-refractivity contribution is 8.15. The fraction of sp³-hybridized carbons (Fsp3) is 0.824. The zero-order chi connectivity index (χ0) is 16.2. The molecule has 1 heterocycles. The number of hydrogen-bond acceptors (Lipinski definition) is 4. The number of amides is 1. The lowest BCUT2D eigenvalue weighted by molar-refractivity contribution is -0.139. The Hall–Kier alpha value is -1.04. The standard InChI is InChI=1S/C17H26N2O3S/c20-15(21)11-14-16(22)19(13-9-5-2-6-10-13)17(23-14)18-12-7-3-1-4-8-12/h12-14H,1-11H2,(H,20,21)/t14-/m0/s1. The van der Waals surface area contributed by atoms with Gasteiger partial charge in [0.05, 0.1) is 12.5 Å². The SMILES string of the molecule is O=C(O)C[C@@H]1SC(=NC2CCCCC2)N(C2CCCCC2)C1=O. The van der Waals surface area contributed by atoms with Gasteiger partial charge in [-0.25, -0.2) is 0 Å². The molecule has 0 aromatic heterocycles. The van der Waals surface area contributed by atoms with E-state index in [4.69, 9.17) is 10.1 Å². The van der Waals surface area contributed by atoms with Gasteiger partial charge in [0.2, 0.25) is 5.91 Å². The lowest BCUT2D eigenvalue weighted by Crippen LogP contribution is -2.42. The second-order valence-electron chi connectivity index (χ2n) is 6.91. The Labute approximate surface area is 141 Å². The second kappa shape index (κ2) is 7.69. The topological polar surface area (TPSA) is 70.0 Å². The first-order valence-corrected chi connectivity index (χ1v) is 9.82. The number of nitrogens with zero attached hydrogens (tertiary/aromatic N) is 2. The van der Waals surface area contributed by atoms with Crippen molar-refractivity contribution in [1.82, 2.24) is 4.90 Å². The maximum Gasteiger partial charge on any atom is 0.305 e. The maximum absolute atomic E-state index is 12.8. The number of carboxylic acids is 1. The van der Waals surface area contributed by atoms with Gasteiger partial charge in [-0.1, -0.05) is 50.3 Å². The van der Waals surface area contributed by atoms with Crippen molar-refractivity contribution in [2.24, 2.45) is 4.99 Å². The van der Waals surface area contributed by atoms with Crippen molar-refractivity contribution in [3.8, 4) is 0 Å². The smallest absolute Gasteiger partial charge is 0.305 e. The van der Waals surface area contributed by atoms with E-state index in [1.54, 1.807) is 0 Å². The van der Waals surface area contributed by atoms with Crippen LogP contribution >= 0.6 is 11.8 Å². The van der Waals surface area contributed by atoms with Gasteiger partial charge in [-0.15, -0.1) is 0 Å². The molecule has 5 nitrogen and oxygen atoms in total. The first-order chi connectivity index (χ1) is 11.1. The van der Waals surface area contributed by atoms with E-state index in [-0.39, 0.29) is 18.4 Å². The van der Waals surface area contributed by atoms with Crippen LogP contribution in [0.3, 0.4) is 0 Å². The summed E-state index contributed by atoms with van der Waals surface area (Å²) in [5.74, 6) is -0.933. The van der Waals surface area contributed by atoms with Gasteiger partial charge in [-0.3, -0.25) is 19.5 Å². The largest absolute Gasteiger partial charge is 0.481 e. The molecule has 0 aromatic carbocycles. The number of amidine groups is 1. The summed E-state index contributed by atoms with van der Waals surface area (Å²) in [5, 5.41) is 9.39. The Bertz CT molecular complexity index is 482. The molecular weight excluding hydrogens is 312 g/mol. The van der Waals surface area contributed by atoms with E-state index >= 15 is 0 Å². The van der Waals surface area contributed by atoms with Crippen LogP contribution in [0.2, 0.25) is 0 Å². The molecule has 3 fully saturated rings. The average molecular weight is 338 g/mol. The molecule has 2 saturated carbocycles. The van der Waals surface area contributed by atoms with Crippen LogP contribution < -0.4 is 0 Å². The molecule has 2 aliphatic carbocycles. The third kappa shape index (κ3) is 4.08. The number of thioether (sulfide) groups is 1. The fourth-order valence-corrected chi connectivity index (χ4v) is 5.16. The number of hydrogen-bond donors (Lipinski definition) is 1. The highest BCUT2D eigenvalue weighted by Gasteiger charge is 2.43. The molecular formula is C17H26N2O3S. The second-order valence-corrected chi connectivity index (χ2v) is 8.08. The number of carbonyl (C=O) groups is 2. The van der Waals surface area contributed by atoms with Crippen LogP contribution in [0.15, 0.2) is 4.99 Å². The molecule has 1 amide bonds. The van der Waals surface area contributed by atoms with E-state index in [2.05, 4.69) is 0 Å². The summed E-state index contributed by atoms with van der Waals surface area (Å²) in [4.78, 5) is 30.6. The molecule has 0 spiro atoms. The number of aliphatic imine (C=N–C) groups is 1. The fourth-order valence-electron chi connectivity index (χ4n) is 3.91. The zero-order valence-electron chi connectivity index (χ0n) is 13.6. The summed E-state index contributed by atoms with van der Waals surface area (Å²) < 4.78 is 0. The Kier molecular flexibility index (Phi) is 5.62. The van der Waals surface area contributed by atoms with Crippen molar-refractivity contribution in [1.29, 1.82) is 0 Å². The molecule has 1 atom stereocenters. The number of carbonyl (C=O) groups excluding carboxylic acids is 1. The summed E-state index contributed by atoms with van der Waals surface area (Å²) in [5.41, 5.74) is 0. The van der Waals surface area contributed by atoms with Gasteiger partial charge in [0, 0.05) is 6.04 Å². The predicted octanol–water partition coefficient (Wildman–Crippen LogP) is 3.43. The molecule has 23 heavy (non-hydrogen) atoms. The van der Waals surface area contributed by atoms with E-state index in [0.29, 0.717) is 6.04 Å². The van der Waals surface area contributed by atoms with Crippen molar-refractivity contribution < 1.29 is 14.7 Å². The van der Waals surface area contributed by atoms with Crippen LogP contribution in [0, 0.1) is 0 Å². The maximum atomic E-state index is 12.8. The molecule has 128 valence electrons. The molecule has 0 bridgehead atoms. The van der Waals surface area contributed by atoms with E-state index in [0.717, 1.165) is 43.7 Å². The molecule has 3 rings (SSSR count). The minimum Gasteiger partial charge on any atom is -0.481 e. The van der Waals surface area contributed by atoms with Gasteiger partial charge in [-0.05, 0) is 25.7 Å². The number of aliphatic carboxylic acids is 1. The highest BCUT2D eigenvalue weighted by Crippen LogP contribution is 2.36. The third-order valence-electron chi connectivity index (χ3n) is 5.13. The van der Waals surface area contributed by atoms with Gasteiger partial charge < -0.3 is 5.11 Å². The van der Waals surface area contributed by atoms with Crippen LogP contribution in [0.1, 0.15) is 70.6 Å². The van der Waals surface area contributed by atoms with E-state index in [1.807, 2.05) is 4.90 Å². The van der Waals surface area contributed by atoms with Crippen molar-refractivity contribution in [2.45, 2.75) is 88.0 Å². The molecule has 3 aliphatic rings. The van der Waals surface area contributed by atoms with Gasteiger partial charge in [-0.2, -0.15) is 0 Å². The first-order valence-electron chi connectivity index (χ1n) is 8.94. The van der Waals surface area contributed by atoms with E-state index in [1.165, 1.54) is 37.4 Å². The van der Waals surface area contributed by atoms with Crippen LogP contribution in [0.5, 0.6) is 0 Å². The lowest BCUT2D eigenvalue weighted by atomic mass is 9.94. The van der Waals surface area contributed by atoms with Gasteiger partial charge in [0.15, 0.2) is 5.17 Å². The summed E-state index contributed by atoms with van der Waals surface area (Å²) >= 11 is 1.39. The molecule has 1 aliphatic heterocycles. The minimum atomic E-state index is -0.904. The average Bonchev–Trinajstić information content (AvgIpc) is 2.84. The minimum absolute atomic E-state index is 0.0288. The van der Waals surface area contributed by atoms with Gasteiger partial charge in [0.25, 0.3) is 0 Å². The molecule has 6 heteroatoms. The molecule has 0 aromatic rings. The van der Waals surface area contributed by atoms with Gasteiger partial charge in [0.1, 0.15) is 5.25 Å². The van der Waals surface area contributed by atoms with E-state index < -0.39 is 11.2 Å². The Morgan fingerprint density at radius 3 is 2.30 bits per heavy atom. The molecule has 1 N–H and O–H groups in total. The zero-order valence-corrected chi connectivity index (χ0v) is 14.4. The number of rotatable bonds is 4. The van der Waals surface area contributed by atoms with E-state index in [9.17, 15) is 9.59 Å². The van der Waals surface area contributed by atoms with Crippen molar-refractivity contribution in [2.75, 3.05) is 0 Å². The summed E-state index contributed by atoms with van der Waals surface area (Å²) in [7, 11) is 0. The van der Waals surface area contributed by atoms with Crippen LogP contribution in [0.4, 0.5) is 0 Å². The summed E-state index contributed by atoms with van der Waals surface area (Å²) in [6.45, 7) is 0. The van der Waals surface area contributed by atoms with Crippen LogP contribution in [-0.2, 0) is 9.59 Å². The predicted molar refractivity (Wildman–Crippen MR) is 91.7 cm³/mol. The molecule has 0 radical (unpaired) electrons. The van der Waals surface area contributed by atoms with Crippen LogP contribution in [-0.4, -0.2) is 44.4 Å². The normalized spacial score (nSPS) is 29.4. The monoisotopic (exact) mass is 338 g/mol.